The molecule has 1 aromatic heterocycles. The fourth-order valence-electron chi connectivity index (χ4n) is 2.52. The summed E-state index contributed by atoms with van der Waals surface area (Å²) in [6.45, 7) is 9.03. The van der Waals surface area contributed by atoms with Crippen LogP contribution in [-0.4, -0.2) is 23.6 Å². The number of hydrogen-bond acceptors (Lipinski definition) is 4. The number of nitrogens with zero attached hydrogens (tertiary/aromatic N) is 2. The van der Waals surface area contributed by atoms with Crippen LogP contribution in [0.5, 0.6) is 5.75 Å². The van der Waals surface area contributed by atoms with E-state index in [4.69, 9.17) is 4.74 Å². The van der Waals surface area contributed by atoms with Crippen LogP contribution in [0.25, 0.3) is 0 Å². The molecule has 0 radical (unpaired) electrons. The van der Waals surface area contributed by atoms with Crippen LogP contribution in [0.4, 0.5) is 0 Å². The standard InChI is InChI=1S/C17H23N3O/c1-6-18-16(15-9-10-19-13(4)20-15)14-8-7-11(2)12(3)17(14)21-5/h7-10,16,18H,6H2,1-5H3. The van der Waals surface area contributed by atoms with E-state index in [-0.39, 0.29) is 6.04 Å². The zero-order chi connectivity index (χ0) is 15.4. The molecule has 0 aliphatic carbocycles. The molecule has 0 aliphatic rings. The molecule has 1 heterocycles. The van der Waals surface area contributed by atoms with Crippen molar-refractivity contribution in [2.24, 2.45) is 0 Å². The third-order valence-corrected chi connectivity index (χ3v) is 3.72. The Balaban J connectivity index is 2.55. The maximum absolute atomic E-state index is 5.65. The molecule has 0 bridgehead atoms. The van der Waals surface area contributed by atoms with E-state index in [1.54, 1.807) is 13.3 Å². The normalized spacial score (nSPS) is 12.2. The number of rotatable bonds is 5. The number of hydrogen-bond donors (Lipinski definition) is 1. The summed E-state index contributed by atoms with van der Waals surface area (Å²) >= 11 is 0. The third kappa shape index (κ3) is 3.22. The van der Waals surface area contributed by atoms with Gasteiger partial charge in [-0.1, -0.05) is 19.1 Å². The van der Waals surface area contributed by atoms with Crippen LogP contribution in [0.15, 0.2) is 24.4 Å². The van der Waals surface area contributed by atoms with E-state index in [9.17, 15) is 0 Å². The average Bonchev–Trinajstić information content (AvgIpc) is 2.48. The van der Waals surface area contributed by atoms with Gasteiger partial charge in [-0.05, 0) is 44.5 Å². The summed E-state index contributed by atoms with van der Waals surface area (Å²) in [5, 5.41) is 3.49. The summed E-state index contributed by atoms with van der Waals surface area (Å²) in [5.41, 5.74) is 4.47. The minimum atomic E-state index is 0.00551. The molecule has 0 amide bonds. The second kappa shape index (κ2) is 6.68. The van der Waals surface area contributed by atoms with Gasteiger partial charge >= 0.3 is 0 Å². The highest BCUT2D eigenvalue weighted by Crippen LogP contribution is 2.33. The van der Waals surface area contributed by atoms with Gasteiger partial charge in [0.15, 0.2) is 0 Å². The molecule has 1 atom stereocenters. The predicted molar refractivity (Wildman–Crippen MR) is 84.8 cm³/mol. The first-order chi connectivity index (χ1) is 10.1. The molecule has 112 valence electrons. The monoisotopic (exact) mass is 285 g/mol. The van der Waals surface area contributed by atoms with Crippen molar-refractivity contribution in [3.05, 3.63) is 52.6 Å². The lowest BCUT2D eigenvalue weighted by molar-refractivity contribution is 0.400. The molecule has 4 nitrogen and oxygen atoms in total. The predicted octanol–water partition coefficient (Wildman–Crippen LogP) is 3.11. The zero-order valence-electron chi connectivity index (χ0n) is 13.4. The Kier molecular flexibility index (Phi) is 4.91. The molecule has 21 heavy (non-hydrogen) atoms. The fourth-order valence-corrected chi connectivity index (χ4v) is 2.52. The van der Waals surface area contributed by atoms with Gasteiger partial charge in [0.05, 0.1) is 18.8 Å². The van der Waals surface area contributed by atoms with Gasteiger partial charge in [0.2, 0.25) is 0 Å². The number of aromatic nitrogens is 2. The Hall–Kier alpha value is -1.94. The van der Waals surface area contributed by atoms with Crippen LogP contribution in [0, 0.1) is 20.8 Å². The SMILES string of the molecule is CCNC(c1ccnc(C)n1)c1ccc(C)c(C)c1OC. The van der Waals surface area contributed by atoms with Gasteiger partial charge < -0.3 is 10.1 Å². The highest BCUT2D eigenvalue weighted by molar-refractivity contribution is 5.48. The molecule has 0 saturated carbocycles. The van der Waals surface area contributed by atoms with Gasteiger partial charge in [-0.25, -0.2) is 9.97 Å². The third-order valence-electron chi connectivity index (χ3n) is 3.72. The average molecular weight is 285 g/mol. The lowest BCUT2D eigenvalue weighted by Crippen LogP contribution is -2.24. The molecule has 0 spiro atoms. The molecule has 1 aromatic carbocycles. The van der Waals surface area contributed by atoms with Crippen LogP contribution in [0.2, 0.25) is 0 Å². The lowest BCUT2D eigenvalue weighted by atomic mass is 9.97. The van der Waals surface area contributed by atoms with E-state index in [0.717, 1.165) is 29.4 Å². The van der Waals surface area contributed by atoms with E-state index in [0.29, 0.717) is 0 Å². The van der Waals surface area contributed by atoms with Crippen LogP contribution < -0.4 is 10.1 Å². The van der Waals surface area contributed by atoms with Crippen molar-refractivity contribution in [3.63, 3.8) is 0 Å². The van der Waals surface area contributed by atoms with Crippen LogP contribution in [0.3, 0.4) is 0 Å². The first-order valence-corrected chi connectivity index (χ1v) is 7.25. The Bertz CT molecular complexity index is 625. The van der Waals surface area contributed by atoms with E-state index < -0.39 is 0 Å². The van der Waals surface area contributed by atoms with Crippen LogP contribution in [-0.2, 0) is 0 Å². The molecule has 2 rings (SSSR count). The van der Waals surface area contributed by atoms with E-state index in [1.165, 1.54) is 11.1 Å². The van der Waals surface area contributed by atoms with Gasteiger partial charge in [0.25, 0.3) is 0 Å². The summed E-state index contributed by atoms with van der Waals surface area (Å²) in [4.78, 5) is 8.75. The number of benzene rings is 1. The Morgan fingerprint density at radius 3 is 2.57 bits per heavy atom. The zero-order valence-corrected chi connectivity index (χ0v) is 13.4. The van der Waals surface area contributed by atoms with Crippen molar-refractivity contribution in [3.8, 4) is 5.75 Å². The van der Waals surface area contributed by atoms with Gasteiger partial charge in [-0.3, -0.25) is 0 Å². The lowest BCUT2D eigenvalue weighted by Gasteiger charge is -2.22. The van der Waals surface area contributed by atoms with Crippen LogP contribution in [0.1, 0.15) is 41.2 Å². The number of aryl methyl sites for hydroxylation is 2. The summed E-state index contributed by atoms with van der Waals surface area (Å²) in [6.07, 6.45) is 1.80. The topological polar surface area (TPSA) is 47.0 Å². The number of methoxy groups -OCH3 is 1. The first kappa shape index (κ1) is 15.4. The van der Waals surface area contributed by atoms with Gasteiger partial charge in [-0.15, -0.1) is 0 Å². The van der Waals surface area contributed by atoms with Crippen molar-refractivity contribution < 1.29 is 4.74 Å². The van der Waals surface area contributed by atoms with E-state index in [1.807, 2.05) is 13.0 Å². The number of nitrogens with one attached hydrogen (secondary N) is 1. The molecule has 2 aromatic rings. The smallest absolute Gasteiger partial charge is 0.127 e. The quantitative estimate of drug-likeness (QED) is 0.917. The highest BCUT2D eigenvalue weighted by Gasteiger charge is 2.20. The Morgan fingerprint density at radius 1 is 1.19 bits per heavy atom. The molecule has 0 fully saturated rings. The van der Waals surface area contributed by atoms with Crippen LogP contribution >= 0.6 is 0 Å². The number of ether oxygens (including phenoxy) is 1. The van der Waals surface area contributed by atoms with Crippen molar-refractivity contribution in [2.75, 3.05) is 13.7 Å². The molecule has 0 saturated heterocycles. The van der Waals surface area contributed by atoms with E-state index >= 15 is 0 Å². The molecule has 4 heteroatoms. The van der Waals surface area contributed by atoms with Gasteiger partial charge in [0, 0.05) is 11.8 Å². The summed E-state index contributed by atoms with van der Waals surface area (Å²) in [6, 6.07) is 6.21. The Morgan fingerprint density at radius 2 is 1.95 bits per heavy atom. The maximum Gasteiger partial charge on any atom is 0.127 e. The molecule has 1 unspecified atom stereocenters. The highest BCUT2D eigenvalue weighted by atomic mass is 16.5. The molecule has 1 N–H and O–H groups in total. The van der Waals surface area contributed by atoms with Crippen molar-refractivity contribution in [1.29, 1.82) is 0 Å². The van der Waals surface area contributed by atoms with E-state index in [2.05, 4.69) is 48.2 Å². The maximum atomic E-state index is 5.65. The van der Waals surface area contributed by atoms with Crippen molar-refractivity contribution in [2.45, 2.75) is 33.7 Å². The van der Waals surface area contributed by atoms with Crippen molar-refractivity contribution in [1.82, 2.24) is 15.3 Å². The second-order valence-corrected chi connectivity index (χ2v) is 5.15. The van der Waals surface area contributed by atoms with Gasteiger partial charge in [0.1, 0.15) is 11.6 Å². The fraction of sp³-hybridized carbons (Fsp3) is 0.412. The first-order valence-electron chi connectivity index (χ1n) is 7.25. The summed E-state index contributed by atoms with van der Waals surface area (Å²) in [5.74, 6) is 1.70. The van der Waals surface area contributed by atoms with Crippen molar-refractivity contribution >= 4 is 0 Å². The second-order valence-electron chi connectivity index (χ2n) is 5.15. The summed E-state index contributed by atoms with van der Waals surface area (Å²) < 4.78 is 5.65. The molecule has 0 aliphatic heterocycles. The van der Waals surface area contributed by atoms with Gasteiger partial charge in [-0.2, -0.15) is 0 Å². The Labute approximate surface area is 126 Å². The largest absolute Gasteiger partial charge is 0.496 e. The minimum Gasteiger partial charge on any atom is -0.496 e. The molecular formula is C17H23N3O. The molecular weight excluding hydrogens is 262 g/mol. The minimum absolute atomic E-state index is 0.00551. The summed E-state index contributed by atoms with van der Waals surface area (Å²) in [7, 11) is 1.72.